The van der Waals surface area contributed by atoms with E-state index in [0.29, 0.717) is 17.2 Å². The van der Waals surface area contributed by atoms with Crippen LogP contribution in [0, 0.1) is 24.7 Å². The fourth-order valence-electron chi connectivity index (χ4n) is 4.31. The Morgan fingerprint density at radius 2 is 1.84 bits per heavy atom. The average molecular weight is 354 g/mol. The first-order valence-electron chi connectivity index (χ1n) is 8.42. The molecule has 0 radical (unpaired) electrons. The summed E-state index contributed by atoms with van der Waals surface area (Å²) in [6.45, 7) is 2.97. The number of benzene rings is 1. The molecule has 2 aliphatic rings. The monoisotopic (exact) mass is 354 g/mol. The van der Waals surface area contributed by atoms with Crippen LogP contribution in [0.25, 0.3) is 0 Å². The van der Waals surface area contributed by atoms with Gasteiger partial charge in [0.2, 0.25) is 11.8 Å². The van der Waals surface area contributed by atoms with Crippen molar-refractivity contribution in [1.82, 2.24) is 5.32 Å². The molecular weight excluding hydrogens is 333 g/mol. The van der Waals surface area contributed by atoms with E-state index < -0.39 is 11.7 Å². The van der Waals surface area contributed by atoms with E-state index in [1.54, 1.807) is 0 Å². The number of carbonyl (C=O) groups excluding carboxylic acids is 2. The lowest BCUT2D eigenvalue weighted by atomic mass is 9.83. The van der Waals surface area contributed by atoms with E-state index in [1.165, 1.54) is 19.9 Å². The molecule has 0 unspecified atom stereocenters. The minimum atomic E-state index is -4.41. The predicted molar refractivity (Wildman–Crippen MR) is 86.7 cm³/mol. The van der Waals surface area contributed by atoms with Crippen LogP contribution in [0.15, 0.2) is 18.2 Å². The summed E-state index contributed by atoms with van der Waals surface area (Å²) in [7, 11) is 0. The van der Waals surface area contributed by atoms with E-state index in [-0.39, 0.29) is 29.7 Å². The largest absolute Gasteiger partial charge is 0.416 e. The Kier molecular flexibility index (Phi) is 4.51. The highest BCUT2D eigenvalue weighted by Crippen LogP contribution is 2.49. The molecule has 2 saturated carbocycles. The third-order valence-corrected chi connectivity index (χ3v) is 5.40. The van der Waals surface area contributed by atoms with Gasteiger partial charge in [-0.25, -0.2) is 0 Å². The van der Waals surface area contributed by atoms with Crippen LogP contribution in [0.5, 0.6) is 0 Å². The summed E-state index contributed by atoms with van der Waals surface area (Å²) in [4.78, 5) is 24.2. The Balaban J connectivity index is 1.76. The van der Waals surface area contributed by atoms with Gasteiger partial charge in [-0.3, -0.25) is 9.59 Å². The van der Waals surface area contributed by atoms with Crippen molar-refractivity contribution in [3.8, 4) is 0 Å². The number of hydrogen-bond acceptors (Lipinski definition) is 2. The maximum absolute atomic E-state index is 12.8. The molecule has 4 nitrogen and oxygen atoms in total. The maximum Gasteiger partial charge on any atom is 0.416 e. The Hall–Kier alpha value is -2.05. The molecule has 4 atom stereocenters. The zero-order valence-corrected chi connectivity index (χ0v) is 14.1. The normalized spacial score (nSPS) is 28.0. The lowest BCUT2D eigenvalue weighted by Gasteiger charge is -2.30. The fraction of sp³-hybridized carbons (Fsp3) is 0.556. The first-order chi connectivity index (χ1) is 11.7. The molecule has 0 heterocycles. The molecule has 2 fully saturated rings. The van der Waals surface area contributed by atoms with E-state index >= 15 is 0 Å². The number of aryl methyl sites for hydroxylation is 1. The van der Waals surface area contributed by atoms with Gasteiger partial charge in [0.05, 0.1) is 11.5 Å². The highest BCUT2D eigenvalue weighted by atomic mass is 19.4. The molecule has 2 N–H and O–H groups in total. The number of hydrogen-bond donors (Lipinski definition) is 2. The molecule has 1 aromatic carbocycles. The quantitative estimate of drug-likeness (QED) is 0.873. The Labute approximate surface area is 144 Å². The topological polar surface area (TPSA) is 58.2 Å². The third kappa shape index (κ3) is 3.50. The van der Waals surface area contributed by atoms with Gasteiger partial charge in [-0.1, -0.05) is 0 Å². The second-order valence-electron chi connectivity index (χ2n) is 7.10. The van der Waals surface area contributed by atoms with Crippen LogP contribution in [0.4, 0.5) is 18.9 Å². The first-order valence-corrected chi connectivity index (χ1v) is 8.42. The van der Waals surface area contributed by atoms with Gasteiger partial charge in [-0.2, -0.15) is 13.2 Å². The van der Waals surface area contributed by atoms with Crippen molar-refractivity contribution >= 4 is 17.5 Å². The fourth-order valence-corrected chi connectivity index (χ4v) is 4.31. The summed E-state index contributed by atoms with van der Waals surface area (Å²) in [6, 6.07) is 3.10. The second-order valence-corrected chi connectivity index (χ2v) is 7.10. The van der Waals surface area contributed by atoms with Crippen molar-refractivity contribution in [2.75, 3.05) is 5.32 Å². The first kappa shape index (κ1) is 17.8. The van der Waals surface area contributed by atoms with Crippen LogP contribution >= 0.6 is 0 Å². The Morgan fingerprint density at radius 3 is 2.44 bits per heavy atom. The van der Waals surface area contributed by atoms with E-state index in [0.717, 1.165) is 31.4 Å². The molecule has 25 heavy (non-hydrogen) atoms. The van der Waals surface area contributed by atoms with Gasteiger partial charge in [0.15, 0.2) is 0 Å². The van der Waals surface area contributed by atoms with Gasteiger partial charge in [-0.05, 0) is 61.8 Å². The van der Waals surface area contributed by atoms with Crippen molar-refractivity contribution in [2.24, 2.45) is 17.8 Å². The summed E-state index contributed by atoms with van der Waals surface area (Å²) in [5, 5.41) is 5.65. The number of alkyl halides is 3. The summed E-state index contributed by atoms with van der Waals surface area (Å²) in [5.41, 5.74) is 0.00352. The van der Waals surface area contributed by atoms with Crippen LogP contribution in [0.2, 0.25) is 0 Å². The van der Waals surface area contributed by atoms with Gasteiger partial charge in [-0.15, -0.1) is 0 Å². The summed E-state index contributed by atoms with van der Waals surface area (Å²) >= 11 is 0. The average Bonchev–Trinajstić information content (AvgIpc) is 3.08. The molecule has 0 spiro atoms. The van der Waals surface area contributed by atoms with E-state index in [1.807, 2.05) is 0 Å². The zero-order valence-electron chi connectivity index (χ0n) is 14.1. The van der Waals surface area contributed by atoms with Gasteiger partial charge in [0.1, 0.15) is 0 Å². The predicted octanol–water partition coefficient (Wildman–Crippen LogP) is 3.50. The lowest BCUT2D eigenvalue weighted by Crippen LogP contribution is -2.47. The summed E-state index contributed by atoms with van der Waals surface area (Å²) in [6.07, 6.45) is -1.55. The van der Waals surface area contributed by atoms with Gasteiger partial charge in [0, 0.05) is 18.7 Å². The molecule has 0 aliphatic heterocycles. The minimum absolute atomic E-state index is 0.166. The number of carbonyl (C=O) groups is 2. The van der Waals surface area contributed by atoms with Crippen molar-refractivity contribution in [3.05, 3.63) is 29.3 Å². The van der Waals surface area contributed by atoms with E-state index in [9.17, 15) is 22.8 Å². The Morgan fingerprint density at radius 1 is 1.16 bits per heavy atom. The van der Waals surface area contributed by atoms with Crippen LogP contribution in [-0.2, 0) is 15.8 Å². The Bertz CT molecular complexity index is 702. The van der Waals surface area contributed by atoms with Crippen molar-refractivity contribution in [2.45, 2.75) is 45.3 Å². The summed E-state index contributed by atoms with van der Waals surface area (Å²) in [5.74, 6) is -0.200. The molecule has 0 saturated heterocycles. The van der Waals surface area contributed by atoms with Gasteiger partial charge < -0.3 is 10.6 Å². The molecule has 1 aromatic rings. The molecule has 2 aliphatic carbocycles. The van der Waals surface area contributed by atoms with E-state index in [2.05, 4.69) is 10.6 Å². The highest BCUT2D eigenvalue weighted by molar-refractivity contribution is 5.94. The zero-order chi connectivity index (χ0) is 18.4. The van der Waals surface area contributed by atoms with Gasteiger partial charge in [0.25, 0.3) is 0 Å². The number of nitrogens with one attached hydrogen (secondary N) is 2. The van der Waals surface area contributed by atoms with Crippen LogP contribution in [-0.4, -0.2) is 17.9 Å². The van der Waals surface area contributed by atoms with E-state index in [4.69, 9.17) is 0 Å². The number of rotatable bonds is 3. The minimum Gasteiger partial charge on any atom is -0.353 e. The summed E-state index contributed by atoms with van der Waals surface area (Å²) < 4.78 is 38.3. The second kappa shape index (κ2) is 6.35. The third-order valence-electron chi connectivity index (χ3n) is 5.40. The van der Waals surface area contributed by atoms with Crippen molar-refractivity contribution in [3.63, 3.8) is 0 Å². The molecule has 7 heteroatoms. The van der Waals surface area contributed by atoms with Gasteiger partial charge >= 0.3 is 6.18 Å². The standard InChI is InChI=1S/C18H21F3N2O2/c1-9-7-13(18(19,20)21)5-6-14(9)23-17(25)15-11-3-4-12(8-11)16(15)22-10(2)24/h5-7,11-12,15-16H,3-4,8H2,1-2H3,(H,22,24)(H,23,25)/t11-,12+,15-,16-/m0/s1. The number of amides is 2. The number of halogens is 3. The highest BCUT2D eigenvalue weighted by Gasteiger charge is 2.51. The number of anilines is 1. The van der Waals surface area contributed by atoms with Crippen LogP contribution in [0.1, 0.15) is 37.3 Å². The van der Waals surface area contributed by atoms with Crippen molar-refractivity contribution in [1.29, 1.82) is 0 Å². The van der Waals surface area contributed by atoms with Crippen LogP contribution < -0.4 is 10.6 Å². The molecule has 3 rings (SSSR count). The molecule has 2 amide bonds. The number of fused-ring (bicyclic) bond motifs is 2. The molecule has 136 valence electrons. The lowest BCUT2D eigenvalue weighted by molar-refractivity contribution is -0.137. The molecule has 2 bridgehead atoms. The van der Waals surface area contributed by atoms with Crippen molar-refractivity contribution < 1.29 is 22.8 Å². The maximum atomic E-state index is 12.8. The smallest absolute Gasteiger partial charge is 0.353 e. The SMILES string of the molecule is CC(=O)N[C@H]1[C@@H]2CC[C@@H](C2)[C@@H]1C(=O)Nc1ccc(C(F)(F)F)cc1C. The van der Waals surface area contributed by atoms with Crippen LogP contribution in [0.3, 0.4) is 0 Å². The molecule has 0 aromatic heterocycles. The molecular formula is C18H21F3N2O2.